The zero-order valence-corrected chi connectivity index (χ0v) is 32.1. The number of carbonyl (C=O) groups is 1. The van der Waals surface area contributed by atoms with E-state index in [9.17, 15) is 18.9 Å². The number of pyridine rings is 1. The van der Waals surface area contributed by atoms with Gasteiger partial charge in [-0.05, 0) is 56.6 Å². The van der Waals surface area contributed by atoms with Gasteiger partial charge in [-0.25, -0.2) is 4.39 Å². The standard InChI is InChI=1S/C43H43FNO5PSi/c1-6-39-38(41(32-24-26-34(44)27-25-32)31(2)42(45-39)33-17-10-7-11-18-33)23-16-28-49-51(48)30-35(29-40(46)47)50-52(43(3,4)5,36-19-12-8-13-20-36)37-21-14-9-15-22-37/h7-15,17-22,24-27,35H,6,28-30H2,1-5H3/p+1. The number of nitrogens with zero attached hydrogens (tertiary/aromatic N) is 1. The largest absolute Gasteiger partial charge is 0.511 e. The van der Waals surface area contributed by atoms with E-state index in [-0.39, 0.29) is 25.0 Å². The third-order valence-corrected chi connectivity index (χ3v) is 15.3. The predicted octanol–water partition coefficient (Wildman–Crippen LogP) is 8.96. The van der Waals surface area contributed by atoms with Gasteiger partial charge in [0.15, 0.2) is 6.61 Å². The highest BCUT2D eigenvalue weighted by atomic mass is 31.1. The van der Waals surface area contributed by atoms with Crippen molar-refractivity contribution in [1.29, 1.82) is 0 Å². The van der Waals surface area contributed by atoms with E-state index in [0.29, 0.717) is 12.0 Å². The molecular weight excluding hydrogens is 689 g/mol. The molecule has 4 aromatic carbocycles. The number of hydrogen-bond acceptors (Lipinski definition) is 5. The van der Waals surface area contributed by atoms with Gasteiger partial charge >= 0.3 is 14.0 Å². The summed E-state index contributed by atoms with van der Waals surface area (Å²) in [5.74, 6) is 4.88. The molecule has 0 fully saturated rings. The second kappa shape index (κ2) is 17.2. The molecule has 5 rings (SSSR count). The molecule has 0 radical (unpaired) electrons. The normalized spacial score (nSPS) is 12.5. The van der Waals surface area contributed by atoms with Gasteiger partial charge in [0.1, 0.15) is 11.9 Å². The molecule has 0 saturated heterocycles. The zero-order valence-electron chi connectivity index (χ0n) is 30.2. The topological polar surface area (TPSA) is 85.7 Å². The summed E-state index contributed by atoms with van der Waals surface area (Å²) in [4.78, 5) is 17.1. The van der Waals surface area contributed by atoms with Crippen molar-refractivity contribution in [3.05, 3.63) is 138 Å². The number of halogens is 1. The van der Waals surface area contributed by atoms with Gasteiger partial charge in [0.2, 0.25) is 6.16 Å². The fourth-order valence-electron chi connectivity index (χ4n) is 6.70. The first-order chi connectivity index (χ1) is 24.9. The molecule has 6 nitrogen and oxygen atoms in total. The average molecular weight is 733 g/mol. The monoisotopic (exact) mass is 732 g/mol. The maximum Gasteiger partial charge on any atom is 0.511 e. The molecule has 0 aliphatic rings. The lowest BCUT2D eigenvalue weighted by atomic mass is 9.90. The first-order valence-electron chi connectivity index (χ1n) is 17.4. The van der Waals surface area contributed by atoms with Gasteiger partial charge < -0.3 is 9.53 Å². The quantitative estimate of drug-likeness (QED) is 0.0740. The van der Waals surface area contributed by atoms with Crippen LogP contribution in [0.3, 0.4) is 0 Å². The van der Waals surface area contributed by atoms with E-state index < -0.39 is 33.5 Å². The van der Waals surface area contributed by atoms with Crippen LogP contribution in [0, 0.1) is 24.6 Å². The third-order valence-electron chi connectivity index (χ3n) is 9.04. The number of carboxylic acid groups (broad SMARTS) is 1. The van der Waals surface area contributed by atoms with Gasteiger partial charge in [-0.15, -0.1) is 4.52 Å². The van der Waals surface area contributed by atoms with Gasteiger partial charge in [-0.1, -0.05) is 143 Å². The molecule has 0 spiro atoms. The number of carboxylic acids is 1. The Labute approximate surface area is 308 Å². The number of hydrogen-bond donors (Lipinski definition) is 1. The summed E-state index contributed by atoms with van der Waals surface area (Å²) in [5, 5.41) is 11.5. The van der Waals surface area contributed by atoms with Crippen molar-refractivity contribution < 1.29 is 27.8 Å². The molecule has 1 heterocycles. The average Bonchev–Trinajstić information content (AvgIpc) is 3.13. The van der Waals surface area contributed by atoms with Gasteiger partial charge in [0.25, 0.3) is 8.32 Å². The van der Waals surface area contributed by atoms with E-state index in [1.165, 1.54) is 12.1 Å². The molecule has 1 N–H and O–H groups in total. The van der Waals surface area contributed by atoms with E-state index in [2.05, 4.69) is 32.6 Å². The van der Waals surface area contributed by atoms with Crippen molar-refractivity contribution in [2.24, 2.45) is 0 Å². The number of rotatable bonds is 13. The van der Waals surface area contributed by atoms with Crippen LogP contribution in [0.1, 0.15) is 50.9 Å². The summed E-state index contributed by atoms with van der Waals surface area (Å²) in [6, 6.07) is 36.1. The van der Waals surface area contributed by atoms with Crippen molar-refractivity contribution in [3.8, 4) is 34.2 Å². The van der Waals surface area contributed by atoms with Crippen LogP contribution in [-0.4, -0.2) is 43.2 Å². The molecular formula is C43H44FNO5PSi+. The Hall–Kier alpha value is -4.77. The molecule has 0 bridgehead atoms. The summed E-state index contributed by atoms with van der Waals surface area (Å²) >= 11 is 0. The van der Waals surface area contributed by atoms with Crippen LogP contribution in [0.4, 0.5) is 4.39 Å². The van der Waals surface area contributed by atoms with Crippen LogP contribution < -0.4 is 10.4 Å². The van der Waals surface area contributed by atoms with Crippen LogP contribution in [-0.2, 0) is 24.7 Å². The molecule has 0 aliphatic heterocycles. The van der Waals surface area contributed by atoms with Crippen molar-refractivity contribution in [2.45, 2.75) is 58.6 Å². The summed E-state index contributed by atoms with van der Waals surface area (Å²) in [5.41, 5.74) is 5.83. The van der Waals surface area contributed by atoms with Crippen molar-refractivity contribution >= 4 is 32.7 Å². The number of benzene rings is 4. The molecule has 0 aliphatic carbocycles. The van der Waals surface area contributed by atoms with Gasteiger partial charge in [0.05, 0.1) is 23.4 Å². The highest BCUT2D eigenvalue weighted by Crippen LogP contribution is 2.39. The highest BCUT2D eigenvalue weighted by Gasteiger charge is 2.52. The summed E-state index contributed by atoms with van der Waals surface area (Å²) in [7, 11) is -5.46. The molecule has 1 aromatic heterocycles. The van der Waals surface area contributed by atoms with Crippen LogP contribution >= 0.6 is 8.03 Å². The maximum atomic E-state index is 14.0. The Morgan fingerprint density at radius 2 is 1.44 bits per heavy atom. The van der Waals surface area contributed by atoms with Crippen LogP contribution in [0.5, 0.6) is 0 Å². The molecule has 9 heteroatoms. The lowest BCUT2D eigenvalue weighted by Gasteiger charge is -2.44. The second-order valence-corrected chi connectivity index (χ2v) is 19.1. The van der Waals surface area contributed by atoms with Gasteiger partial charge in [0, 0.05) is 11.1 Å². The molecule has 5 aromatic rings. The molecule has 52 heavy (non-hydrogen) atoms. The molecule has 266 valence electrons. The minimum absolute atomic E-state index is 0.110. The zero-order chi connectivity index (χ0) is 37.3. The van der Waals surface area contributed by atoms with Crippen molar-refractivity contribution in [1.82, 2.24) is 4.98 Å². The van der Waals surface area contributed by atoms with Crippen molar-refractivity contribution in [2.75, 3.05) is 12.8 Å². The Bertz CT molecular complexity index is 2020. The minimum atomic E-state index is -3.12. The maximum absolute atomic E-state index is 14.0. The SMILES string of the molecule is CCc1nc(-c2ccccc2)c(C)c(-c2ccc(F)cc2)c1C#CCO[P+](=O)CC(CC(=O)O)O[Si](c1ccccc1)(c1ccccc1)C(C)(C)C. The van der Waals surface area contributed by atoms with Crippen LogP contribution in [0.15, 0.2) is 115 Å². The van der Waals surface area contributed by atoms with Gasteiger partial charge in [-0.2, -0.15) is 0 Å². The molecule has 0 saturated carbocycles. The first-order valence-corrected chi connectivity index (χ1v) is 20.6. The van der Waals surface area contributed by atoms with E-state index in [1.54, 1.807) is 12.1 Å². The molecule has 2 unspecified atom stereocenters. The first kappa shape index (κ1) is 38.5. The fraction of sp³-hybridized carbons (Fsp3) is 0.256. The number of aryl methyl sites for hydroxylation is 1. The minimum Gasteiger partial charge on any atom is -0.481 e. The number of aromatic nitrogens is 1. The smallest absolute Gasteiger partial charge is 0.481 e. The summed E-state index contributed by atoms with van der Waals surface area (Å²) in [6.07, 6.45) is -0.722. The van der Waals surface area contributed by atoms with E-state index in [1.807, 2.05) is 105 Å². The van der Waals surface area contributed by atoms with Crippen LogP contribution in [0.2, 0.25) is 5.04 Å². The Balaban J connectivity index is 1.44. The lowest BCUT2D eigenvalue weighted by molar-refractivity contribution is -0.138. The summed E-state index contributed by atoms with van der Waals surface area (Å²) < 4.78 is 40.3. The number of aliphatic carboxylic acids is 1. The van der Waals surface area contributed by atoms with E-state index >= 15 is 0 Å². The lowest BCUT2D eigenvalue weighted by Crippen LogP contribution is -2.68. The van der Waals surface area contributed by atoms with E-state index in [0.717, 1.165) is 44.0 Å². The van der Waals surface area contributed by atoms with Crippen molar-refractivity contribution in [3.63, 3.8) is 0 Å². The third kappa shape index (κ3) is 8.81. The summed E-state index contributed by atoms with van der Waals surface area (Å²) in [6.45, 7) is 10.2. The fourth-order valence-corrected chi connectivity index (χ4v) is 12.4. The Morgan fingerprint density at radius 3 is 1.96 bits per heavy atom. The highest BCUT2D eigenvalue weighted by molar-refractivity contribution is 7.39. The molecule has 2 atom stereocenters. The Morgan fingerprint density at radius 1 is 0.885 bits per heavy atom. The predicted molar refractivity (Wildman–Crippen MR) is 209 cm³/mol. The second-order valence-electron chi connectivity index (χ2n) is 13.6. The van der Waals surface area contributed by atoms with Crippen LogP contribution in [0.25, 0.3) is 22.4 Å². The van der Waals surface area contributed by atoms with Gasteiger partial charge in [-0.3, -0.25) is 9.78 Å². The molecule has 0 amide bonds. The Kier molecular flexibility index (Phi) is 12.7. The van der Waals surface area contributed by atoms with E-state index in [4.69, 9.17) is 13.9 Å².